The first-order valence-corrected chi connectivity index (χ1v) is 8.26. The quantitative estimate of drug-likeness (QED) is 0.760. The van der Waals surface area contributed by atoms with E-state index in [1.165, 1.54) is 18.5 Å². The van der Waals surface area contributed by atoms with Crippen LogP contribution >= 0.6 is 0 Å². The minimum atomic E-state index is -0.371. The van der Waals surface area contributed by atoms with E-state index in [0.717, 1.165) is 5.39 Å². The number of para-hydroxylation sites is 1. The number of amides is 2. The maximum absolute atomic E-state index is 12.6. The molecule has 0 saturated heterocycles. The lowest BCUT2D eigenvalue weighted by molar-refractivity contribution is 0.0919. The van der Waals surface area contributed by atoms with Crippen LogP contribution in [0.4, 0.5) is 5.69 Å². The number of nitrogens with zero attached hydrogens (tertiary/aromatic N) is 2. The minimum Gasteiger partial charge on any atom is -0.347 e. The smallest absolute Gasteiger partial charge is 0.257 e. The Bertz CT molecular complexity index is 971. The molecule has 0 radical (unpaired) electrons. The molecular formula is C20H20N4O2. The molecule has 6 nitrogen and oxygen atoms in total. The van der Waals surface area contributed by atoms with E-state index in [-0.39, 0.29) is 17.4 Å². The number of carbonyl (C=O) groups excluding carboxylic acids is 2. The second-order valence-corrected chi connectivity index (χ2v) is 7.00. The monoisotopic (exact) mass is 348 g/mol. The van der Waals surface area contributed by atoms with E-state index in [1.807, 2.05) is 45.0 Å². The maximum atomic E-state index is 12.6. The summed E-state index contributed by atoms with van der Waals surface area (Å²) in [5.74, 6) is -0.618. The number of nitrogens with one attached hydrogen (secondary N) is 2. The lowest BCUT2D eigenvalue weighted by atomic mass is 10.1. The first-order chi connectivity index (χ1) is 12.3. The van der Waals surface area contributed by atoms with Crippen LogP contribution in [-0.2, 0) is 0 Å². The van der Waals surface area contributed by atoms with E-state index in [2.05, 4.69) is 20.6 Å². The molecular weight excluding hydrogens is 328 g/mol. The molecule has 0 spiro atoms. The van der Waals surface area contributed by atoms with E-state index in [1.54, 1.807) is 12.3 Å². The van der Waals surface area contributed by atoms with Gasteiger partial charge in [-0.3, -0.25) is 19.6 Å². The number of aromatic nitrogens is 2. The number of pyridine rings is 2. The molecule has 0 saturated carbocycles. The van der Waals surface area contributed by atoms with Crippen LogP contribution in [0.15, 0.2) is 55.0 Å². The Balaban J connectivity index is 1.84. The third-order valence-corrected chi connectivity index (χ3v) is 3.63. The van der Waals surface area contributed by atoms with Gasteiger partial charge in [0.15, 0.2) is 0 Å². The molecule has 2 aromatic heterocycles. The van der Waals surface area contributed by atoms with Crippen molar-refractivity contribution in [3.05, 3.63) is 66.1 Å². The lowest BCUT2D eigenvalue weighted by Gasteiger charge is -2.20. The van der Waals surface area contributed by atoms with E-state index in [4.69, 9.17) is 0 Å². The van der Waals surface area contributed by atoms with Crippen LogP contribution in [0.2, 0.25) is 0 Å². The Morgan fingerprint density at radius 1 is 0.962 bits per heavy atom. The zero-order valence-electron chi connectivity index (χ0n) is 14.9. The van der Waals surface area contributed by atoms with Crippen molar-refractivity contribution >= 4 is 28.4 Å². The molecule has 2 N–H and O–H groups in total. The van der Waals surface area contributed by atoms with Gasteiger partial charge in [-0.25, -0.2) is 0 Å². The van der Waals surface area contributed by atoms with Crippen LogP contribution in [-0.4, -0.2) is 27.3 Å². The zero-order valence-corrected chi connectivity index (χ0v) is 14.9. The topological polar surface area (TPSA) is 84.0 Å². The molecule has 6 heteroatoms. The second-order valence-electron chi connectivity index (χ2n) is 7.00. The molecule has 1 aromatic carbocycles. The highest BCUT2D eigenvalue weighted by atomic mass is 16.2. The van der Waals surface area contributed by atoms with E-state index in [9.17, 15) is 9.59 Å². The third kappa shape index (κ3) is 4.03. The molecule has 2 amide bonds. The second kappa shape index (κ2) is 6.92. The Kier molecular flexibility index (Phi) is 4.67. The van der Waals surface area contributed by atoms with Crippen molar-refractivity contribution in [1.82, 2.24) is 15.3 Å². The van der Waals surface area contributed by atoms with Crippen molar-refractivity contribution in [2.75, 3.05) is 5.32 Å². The molecule has 3 aromatic rings. The molecule has 0 aliphatic carbocycles. The number of hydrogen-bond donors (Lipinski definition) is 2. The van der Waals surface area contributed by atoms with E-state index >= 15 is 0 Å². The van der Waals surface area contributed by atoms with E-state index in [0.29, 0.717) is 22.3 Å². The van der Waals surface area contributed by atoms with Crippen molar-refractivity contribution in [1.29, 1.82) is 0 Å². The van der Waals surface area contributed by atoms with Gasteiger partial charge in [0, 0.05) is 29.5 Å². The molecule has 0 atom stereocenters. The predicted octanol–water partition coefficient (Wildman–Crippen LogP) is 3.41. The summed E-state index contributed by atoms with van der Waals surface area (Å²) in [6.07, 6.45) is 4.55. The molecule has 3 rings (SSSR count). The van der Waals surface area contributed by atoms with Gasteiger partial charge >= 0.3 is 0 Å². The van der Waals surface area contributed by atoms with Gasteiger partial charge in [-0.2, -0.15) is 0 Å². The molecule has 0 unspecified atom stereocenters. The number of fused-ring (bicyclic) bond motifs is 1. The largest absolute Gasteiger partial charge is 0.347 e. The number of hydrogen-bond acceptors (Lipinski definition) is 4. The van der Waals surface area contributed by atoms with Crippen LogP contribution in [0.5, 0.6) is 0 Å². The first-order valence-electron chi connectivity index (χ1n) is 8.26. The fraction of sp³-hybridized carbons (Fsp3) is 0.200. The summed E-state index contributed by atoms with van der Waals surface area (Å²) in [5.41, 5.74) is 1.59. The Labute approximate surface area is 151 Å². The molecule has 26 heavy (non-hydrogen) atoms. The zero-order chi connectivity index (χ0) is 18.7. The molecule has 0 aliphatic heterocycles. The Morgan fingerprint density at radius 3 is 2.38 bits per heavy atom. The van der Waals surface area contributed by atoms with Crippen LogP contribution in [0.3, 0.4) is 0 Å². The summed E-state index contributed by atoms with van der Waals surface area (Å²) in [7, 11) is 0. The Morgan fingerprint density at radius 2 is 1.65 bits per heavy atom. The van der Waals surface area contributed by atoms with Crippen molar-refractivity contribution in [3.63, 3.8) is 0 Å². The van der Waals surface area contributed by atoms with Gasteiger partial charge in [0.25, 0.3) is 11.8 Å². The highest BCUT2D eigenvalue weighted by Crippen LogP contribution is 2.21. The average molecular weight is 348 g/mol. The molecule has 2 heterocycles. The predicted molar refractivity (Wildman–Crippen MR) is 101 cm³/mol. The highest BCUT2D eigenvalue weighted by molar-refractivity contribution is 6.09. The summed E-state index contributed by atoms with van der Waals surface area (Å²) in [4.78, 5) is 33.2. The fourth-order valence-electron chi connectivity index (χ4n) is 2.50. The minimum absolute atomic E-state index is 0.272. The molecule has 0 fully saturated rings. The van der Waals surface area contributed by atoms with Gasteiger partial charge in [0.1, 0.15) is 0 Å². The third-order valence-electron chi connectivity index (χ3n) is 3.63. The van der Waals surface area contributed by atoms with Gasteiger partial charge < -0.3 is 10.6 Å². The van der Waals surface area contributed by atoms with Crippen molar-refractivity contribution in [3.8, 4) is 0 Å². The van der Waals surface area contributed by atoms with Crippen molar-refractivity contribution < 1.29 is 9.59 Å². The summed E-state index contributed by atoms with van der Waals surface area (Å²) in [6.45, 7) is 5.67. The number of anilines is 1. The summed E-state index contributed by atoms with van der Waals surface area (Å²) in [5, 5.41) is 6.63. The first kappa shape index (κ1) is 17.5. The van der Waals surface area contributed by atoms with Gasteiger partial charge in [0.2, 0.25) is 0 Å². The van der Waals surface area contributed by atoms with Gasteiger partial charge in [0.05, 0.1) is 22.3 Å². The van der Waals surface area contributed by atoms with Gasteiger partial charge in [-0.15, -0.1) is 0 Å². The Hall–Kier alpha value is -3.28. The number of benzene rings is 1. The van der Waals surface area contributed by atoms with Crippen LogP contribution in [0.1, 0.15) is 41.5 Å². The van der Waals surface area contributed by atoms with Gasteiger partial charge in [-0.1, -0.05) is 18.2 Å². The summed E-state index contributed by atoms with van der Waals surface area (Å²) < 4.78 is 0. The van der Waals surface area contributed by atoms with Crippen molar-refractivity contribution in [2.45, 2.75) is 26.3 Å². The molecule has 132 valence electrons. The summed E-state index contributed by atoms with van der Waals surface area (Å²) in [6, 6.07) is 10.9. The van der Waals surface area contributed by atoms with E-state index < -0.39 is 0 Å². The SMILES string of the molecule is CC(C)(C)NC(=O)c1cncc(C(=O)Nc2cccc3cccnc23)c1. The van der Waals surface area contributed by atoms with Crippen molar-refractivity contribution in [2.24, 2.45) is 0 Å². The molecule has 0 aliphatic rings. The average Bonchev–Trinajstić information content (AvgIpc) is 2.61. The standard InChI is InChI=1S/C20H20N4O2/c1-20(2,3)24-19(26)15-10-14(11-21-12-15)18(25)23-16-8-4-6-13-7-5-9-22-17(13)16/h4-12H,1-3H3,(H,23,25)(H,24,26). The molecule has 0 bridgehead atoms. The lowest BCUT2D eigenvalue weighted by Crippen LogP contribution is -2.40. The number of rotatable bonds is 3. The normalized spacial score (nSPS) is 11.2. The maximum Gasteiger partial charge on any atom is 0.257 e. The summed E-state index contributed by atoms with van der Waals surface area (Å²) >= 11 is 0. The van der Waals surface area contributed by atoms with Crippen LogP contribution < -0.4 is 10.6 Å². The highest BCUT2D eigenvalue weighted by Gasteiger charge is 2.17. The van der Waals surface area contributed by atoms with Gasteiger partial charge in [-0.05, 0) is 39.0 Å². The number of carbonyl (C=O) groups is 2. The fourth-order valence-corrected chi connectivity index (χ4v) is 2.50. The van der Waals surface area contributed by atoms with Crippen LogP contribution in [0.25, 0.3) is 10.9 Å². The van der Waals surface area contributed by atoms with Crippen LogP contribution in [0, 0.1) is 0 Å².